The fourth-order valence-electron chi connectivity index (χ4n) is 0.500. The first kappa shape index (κ1) is 8.06. The Hall–Kier alpha value is 0.0649. The van der Waals surface area contributed by atoms with E-state index in [4.69, 9.17) is 0 Å². The van der Waals surface area contributed by atoms with E-state index in [1.54, 1.807) is 0 Å². The molecule has 0 heterocycles. The maximum atomic E-state index is 2.26. The first-order valence-electron chi connectivity index (χ1n) is 3.28. The summed E-state index contributed by atoms with van der Waals surface area (Å²) in [6, 6.07) is 0. The van der Waals surface area contributed by atoms with Crippen LogP contribution in [0.25, 0.3) is 0 Å². The van der Waals surface area contributed by atoms with Crippen LogP contribution < -0.4 is 0 Å². The summed E-state index contributed by atoms with van der Waals surface area (Å²) in [5.41, 5.74) is 0.453. The van der Waals surface area contributed by atoms with Crippen molar-refractivity contribution in [2.45, 2.75) is 40.3 Å². The highest BCUT2D eigenvalue weighted by Gasteiger charge is 2.17. The molecule has 8 heavy (non-hydrogen) atoms. The highest BCUT2D eigenvalue weighted by Crippen LogP contribution is 2.28. The van der Waals surface area contributed by atoms with E-state index < -0.39 is 0 Å². The van der Waals surface area contributed by atoms with E-state index in [9.17, 15) is 0 Å². The molecule has 0 saturated heterocycles. The molecule has 0 aromatic carbocycles. The van der Waals surface area contributed by atoms with E-state index in [1.165, 1.54) is 0 Å². The van der Waals surface area contributed by atoms with Crippen molar-refractivity contribution in [1.29, 1.82) is 0 Å². The van der Waals surface area contributed by atoms with E-state index in [-0.39, 0.29) is 0 Å². The van der Waals surface area contributed by atoms with Gasteiger partial charge in [-0.05, 0) is 5.41 Å². The van der Waals surface area contributed by atoms with Crippen molar-refractivity contribution in [3.05, 3.63) is 0 Å². The second kappa shape index (κ2) is 2.57. The summed E-state index contributed by atoms with van der Waals surface area (Å²) in [6.07, 6.45) is 0. The average Bonchev–Trinajstić information content (AvgIpc) is 1.62. The predicted molar refractivity (Wildman–Crippen MR) is 40.5 cm³/mol. The zero-order valence-corrected chi connectivity index (χ0v) is 6.65. The SMILES string of the molecule is C[B]C(C)C(C)(C)C. The van der Waals surface area contributed by atoms with Gasteiger partial charge in [-0.2, -0.15) is 0 Å². The zero-order chi connectivity index (χ0) is 6.78. The van der Waals surface area contributed by atoms with Crippen molar-refractivity contribution in [3.63, 3.8) is 0 Å². The molecule has 1 radical (unpaired) electrons. The van der Waals surface area contributed by atoms with Crippen LogP contribution in [0.1, 0.15) is 27.7 Å². The van der Waals surface area contributed by atoms with Gasteiger partial charge >= 0.3 is 0 Å². The van der Waals surface area contributed by atoms with Gasteiger partial charge in [0.2, 0.25) is 0 Å². The summed E-state index contributed by atoms with van der Waals surface area (Å²) in [5, 5.41) is 0. The molecule has 0 spiro atoms. The Bertz CT molecular complexity index is 61.3. The minimum Gasteiger partial charge on any atom is -0.0917 e. The van der Waals surface area contributed by atoms with Gasteiger partial charge in [-0.15, -0.1) is 0 Å². The molecule has 0 aromatic heterocycles. The van der Waals surface area contributed by atoms with Gasteiger partial charge in [0.25, 0.3) is 0 Å². The van der Waals surface area contributed by atoms with Crippen molar-refractivity contribution in [3.8, 4) is 0 Å². The van der Waals surface area contributed by atoms with Crippen molar-refractivity contribution >= 4 is 7.28 Å². The topological polar surface area (TPSA) is 0 Å². The minimum atomic E-state index is 0.453. The van der Waals surface area contributed by atoms with Crippen LogP contribution >= 0.6 is 0 Å². The van der Waals surface area contributed by atoms with Crippen LogP contribution in [0.2, 0.25) is 12.6 Å². The molecule has 1 atom stereocenters. The fourth-order valence-corrected chi connectivity index (χ4v) is 0.500. The Kier molecular flexibility index (Phi) is 2.59. The number of rotatable bonds is 1. The molecule has 0 saturated carbocycles. The maximum Gasteiger partial charge on any atom is 0.110 e. The van der Waals surface area contributed by atoms with Gasteiger partial charge < -0.3 is 0 Å². The lowest BCUT2D eigenvalue weighted by atomic mass is 9.57. The van der Waals surface area contributed by atoms with Crippen LogP contribution in [0.5, 0.6) is 0 Å². The molecule has 1 unspecified atom stereocenters. The smallest absolute Gasteiger partial charge is 0.0917 e. The Morgan fingerprint density at radius 2 is 1.62 bits per heavy atom. The van der Waals surface area contributed by atoms with Crippen molar-refractivity contribution in [1.82, 2.24) is 0 Å². The molecule has 0 rings (SSSR count). The molecule has 0 bridgehead atoms. The largest absolute Gasteiger partial charge is 0.110 e. The molecule has 0 fully saturated rings. The fraction of sp³-hybridized carbons (Fsp3) is 1.00. The van der Waals surface area contributed by atoms with Gasteiger partial charge in [0, 0.05) is 0 Å². The molecular weight excluding hydrogens is 94.9 g/mol. The van der Waals surface area contributed by atoms with E-state index in [0.717, 1.165) is 5.82 Å². The molecule has 1 heteroatoms. The second-order valence-electron chi connectivity index (χ2n) is 3.49. The minimum absolute atomic E-state index is 0.453. The van der Waals surface area contributed by atoms with Crippen molar-refractivity contribution in [2.75, 3.05) is 0 Å². The molecule has 0 aromatic rings. The lowest BCUT2D eigenvalue weighted by Crippen LogP contribution is -2.15. The number of hydrogen-bond donors (Lipinski definition) is 0. The molecule has 0 N–H and O–H groups in total. The zero-order valence-electron chi connectivity index (χ0n) is 6.65. The number of hydrogen-bond acceptors (Lipinski definition) is 0. The van der Waals surface area contributed by atoms with E-state index >= 15 is 0 Å². The van der Waals surface area contributed by atoms with Crippen molar-refractivity contribution in [2.24, 2.45) is 5.41 Å². The Balaban J connectivity index is 3.62. The van der Waals surface area contributed by atoms with Gasteiger partial charge in [0.1, 0.15) is 7.28 Å². The van der Waals surface area contributed by atoms with Gasteiger partial charge in [0.15, 0.2) is 0 Å². The lowest BCUT2D eigenvalue weighted by Gasteiger charge is -2.25. The molecule has 0 aliphatic carbocycles. The van der Waals surface area contributed by atoms with Gasteiger partial charge in [-0.25, -0.2) is 0 Å². The van der Waals surface area contributed by atoms with Crippen LogP contribution in [0.15, 0.2) is 0 Å². The lowest BCUT2D eigenvalue weighted by molar-refractivity contribution is 0.395. The molecular formula is C7H16B. The summed E-state index contributed by atoms with van der Waals surface area (Å²) < 4.78 is 0. The van der Waals surface area contributed by atoms with Gasteiger partial charge in [-0.1, -0.05) is 40.3 Å². The predicted octanol–water partition coefficient (Wildman–Crippen LogP) is 2.59. The average molecular weight is 111 g/mol. The third-order valence-corrected chi connectivity index (χ3v) is 1.87. The molecule has 0 aliphatic heterocycles. The Morgan fingerprint density at radius 3 is 1.62 bits per heavy atom. The summed E-state index contributed by atoms with van der Waals surface area (Å²) in [7, 11) is 2.25. The maximum absolute atomic E-state index is 2.26. The molecule has 0 aliphatic rings. The molecule has 0 amide bonds. The first-order chi connectivity index (χ1) is 3.48. The summed E-state index contributed by atoms with van der Waals surface area (Å²) in [4.78, 5) is 0. The van der Waals surface area contributed by atoms with Crippen LogP contribution in [0.4, 0.5) is 0 Å². The van der Waals surface area contributed by atoms with Gasteiger partial charge in [0.05, 0.1) is 0 Å². The van der Waals surface area contributed by atoms with Crippen LogP contribution in [-0.4, -0.2) is 7.28 Å². The second-order valence-corrected chi connectivity index (χ2v) is 3.49. The Labute approximate surface area is 53.9 Å². The normalized spacial score (nSPS) is 15.6. The third kappa shape index (κ3) is 2.39. The van der Waals surface area contributed by atoms with Crippen LogP contribution in [-0.2, 0) is 0 Å². The standard InChI is InChI=1S/C7H16B/c1-6(8-5)7(2,3)4/h6H,1-5H3. The van der Waals surface area contributed by atoms with E-state index in [1.807, 2.05) is 0 Å². The summed E-state index contributed by atoms with van der Waals surface area (Å²) >= 11 is 0. The highest BCUT2D eigenvalue weighted by atomic mass is 14.2. The van der Waals surface area contributed by atoms with E-state index in [0.29, 0.717) is 5.41 Å². The van der Waals surface area contributed by atoms with Crippen LogP contribution in [0.3, 0.4) is 0 Å². The van der Waals surface area contributed by atoms with Crippen molar-refractivity contribution < 1.29 is 0 Å². The molecule has 47 valence electrons. The van der Waals surface area contributed by atoms with E-state index in [2.05, 4.69) is 41.8 Å². The first-order valence-corrected chi connectivity index (χ1v) is 3.28. The Morgan fingerprint density at radius 1 is 1.25 bits per heavy atom. The quantitative estimate of drug-likeness (QED) is 0.456. The summed E-state index contributed by atoms with van der Waals surface area (Å²) in [5.74, 6) is 0.725. The monoisotopic (exact) mass is 111 g/mol. The highest BCUT2D eigenvalue weighted by molar-refractivity contribution is 6.35. The molecule has 0 nitrogen and oxygen atoms in total. The summed E-state index contributed by atoms with van der Waals surface area (Å²) in [6.45, 7) is 11.2. The third-order valence-electron chi connectivity index (χ3n) is 1.87. The van der Waals surface area contributed by atoms with Crippen LogP contribution in [0, 0.1) is 5.41 Å². The van der Waals surface area contributed by atoms with Gasteiger partial charge in [-0.3, -0.25) is 0 Å².